The van der Waals surface area contributed by atoms with E-state index in [1.807, 2.05) is 6.26 Å². The van der Waals surface area contributed by atoms with Crippen molar-refractivity contribution in [3.63, 3.8) is 0 Å². The first-order valence-electron chi connectivity index (χ1n) is 4.85. The van der Waals surface area contributed by atoms with Gasteiger partial charge in [-0.15, -0.1) is 10.2 Å². The predicted octanol–water partition coefficient (Wildman–Crippen LogP) is 2.09. The molecule has 8 heteroatoms. The van der Waals surface area contributed by atoms with Gasteiger partial charge in [0.25, 0.3) is 0 Å². The van der Waals surface area contributed by atoms with Crippen LogP contribution in [0.2, 0.25) is 0 Å². The summed E-state index contributed by atoms with van der Waals surface area (Å²) < 4.78 is 1.63. The van der Waals surface area contributed by atoms with Gasteiger partial charge in [-0.25, -0.2) is 0 Å². The van der Waals surface area contributed by atoms with Crippen molar-refractivity contribution in [3.05, 3.63) is 23.8 Å². The molecular weight excluding hydrogens is 288 g/mol. The number of primary amides is 1. The summed E-state index contributed by atoms with van der Waals surface area (Å²) in [6.45, 7) is 0. The molecule has 2 rings (SSSR count). The summed E-state index contributed by atoms with van der Waals surface area (Å²) in [6, 6.07) is 4.99. The Hall–Kier alpha value is -1.25. The van der Waals surface area contributed by atoms with Crippen molar-refractivity contribution in [2.75, 3.05) is 12.0 Å². The van der Waals surface area contributed by atoms with E-state index in [-0.39, 0.29) is 0 Å². The van der Waals surface area contributed by atoms with Crippen LogP contribution in [0, 0.1) is 0 Å². The second kappa shape index (κ2) is 5.59. The third kappa shape index (κ3) is 2.95. The molecule has 1 aromatic heterocycles. The second-order valence-electron chi connectivity index (χ2n) is 3.26. The number of benzene rings is 1. The van der Waals surface area contributed by atoms with Crippen LogP contribution in [-0.4, -0.2) is 22.4 Å². The summed E-state index contributed by atoms with van der Waals surface area (Å²) in [6.07, 6.45) is 1.93. The normalized spacial score (nSPS) is 10.5. The van der Waals surface area contributed by atoms with Gasteiger partial charge < -0.3 is 11.5 Å². The van der Waals surface area contributed by atoms with Crippen LogP contribution in [0.25, 0.3) is 0 Å². The molecular formula is C10H10N4OS3. The SMILES string of the molecule is CSc1nnc(Sc2cc(N)ccc2C(N)=O)s1. The van der Waals surface area contributed by atoms with Gasteiger partial charge in [0, 0.05) is 10.6 Å². The zero-order valence-corrected chi connectivity index (χ0v) is 11.9. The van der Waals surface area contributed by atoms with Gasteiger partial charge in [-0.2, -0.15) is 0 Å². The highest BCUT2D eigenvalue weighted by molar-refractivity contribution is 8.03. The van der Waals surface area contributed by atoms with Crippen molar-refractivity contribution in [1.29, 1.82) is 0 Å². The van der Waals surface area contributed by atoms with Crippen molar-refractivity contribution in [2.45, 2.75) is 13.6 Å². The lowest BCUT2D eigenvalue weighted by molar-refractivity contribution is 0.0997. The van der Waals surface area contributed by atoms with Gasteiger partial charge in [0.15, 0.2) is 8.68 Å². The third-order valence-corrected chi connectivity index (χ3v) is 5.04. The molecule has 0 bridgehead atoms. The molecule has 0 aliphatic carbocycles. The molecule has 1 aromatic carbocycles. The van der Waals surface area contributed by atoms with E-state index in [1.54, 1.807) is 18.2 Å². The molecule has 1 heterocycles. The highest BCUT2D eigenvalue weighted by Gasteiger charge is 2.12. The largest absolute Gasteiger partial charge is 0.399 e. The fourth-order valence-corrected chi connectivity index (χ4v) is 3.82. The minimum Gasteiger partial charge on any atom is -0.399 e. The molecule has 0 atom stereocenters. The van der Waals surface area contributed by atoms with E-state index in [4.69, 9.17) is 11.5 Å². The molecule has 0 aliphatic rings. The Balaban J connectivity index is 2.32. The first kappa shape index (κ1) is 13.2. The Morgan fingerprint density at radius 3 is 2.67 bits per heavy atom. The van der Waals surface area contributed by atoms with Crippen LogP contribution in [0.3, 0.4) is 0 Å². The molecule has 0 unspecified atom stereocenters. The number of nitrogen functional groups attached to an aromatic ring is 1. The van der Waals surface area contributed by atoms with Gasteiger partial charge >= 0.3 is 0 Å². The molecule has 2 aromatic rings. The van der Waals surface area contributed by atoms with E-state index < -0.39 is 5.91 Å². The smallest absolute Gasteiger partial charge is 0.249 e. The molecule has 18 heavy (non-hydrogen) atoms. The summed E-state index contributed by atoms with van der Waals surface area (Å²) >= 11 is 4.34. The minimum absolute atomic E-state index is 0.440. The third-order valence-electron chi connectivity index (χ3n) is 2.03. The quantitative estimate of drug-likeness (QED) is 0.663. The topological polar surface area (TPSA) is 94.9 Å². The van der Waals surface area contributed by atoms with Crippen molar-refractivity contribution >= 4 is 46.5 Å². The standard InChI is InChI=1S/C10H10N4OS3/c1-16-9-13-14-10(18-9)17-7-4-5(11)2-3-6(7)8(12)15/h2-4H,11H2,1H3,(H2,12,15). The maximum absolute atomic E-state index is 11.3. The number of hydrogen-bond donors (Lipinski definition) is 2. The van der Waals surface area contributed by atoms with Gasteiger partial charge in [-0.05, 0) is 24.5 Å². The Morgan fingerprint density at radius 1 is 1.33 bits per heavy atom. The molecule has 1 amide bonds. The van der Waals surface area contributed by atoms with Gasteiger partial charge in [-0.1, -0.05) is 34.9 Å². The van der Waals surface area contributed by atoms with Gasteiger partial charge in [0.05, 0.1) is 5.56 Å². The molecule has 0 saturated carbocycles. The number of thioether (sulfide) groups is 1. The fourth-order valence-electron chi connectivity index (χ4n) is 1.24. The number of amides is 1. The summed E-state index contributed by atoms with van der Waals surface area (Å²) in [7, 11) is 0. The van der Waals surface area contributed by atoms with Crippen LogP contribution in [0.4, 0.5) is 5.69 Å². The monoisotopic (exact) mass is 298 g/mol. The Kier molecular flexibility index (Phi) is 4.10. The minimum atomic E-state index is -0.480. The molecule has 5 nitrogen and oxygen atoms in total. The average molecular weight is 298 g/mol. The van der Waals surface area contributed by atoms with Crippen LogP contribution < -0.4 is 11.5 Å². The molecule has 94 valence electrons. The van der Waals surface area contributed by atoms with Crippen LogP contribution in [0.5, 0.6) is 0 Å². The number of carbonyl (C=O) groups is 1. The first-order chi connectivity index (χ1) is 8.60. The number of anilines is 1. The first-order valence-corrected chi connectivity index (χ1v) is 7.70. The second-order valence-corrected chi connectivity index (χ2v) is 6.58. The average Bonchev–Trinajstić information content (AvgIpc) is 2.76. The van der Waals surface area contributed by atoms with Crippen molar-refractivity contribution in [1.82, 2.24) is 10.2 Å². The summed E-state index contributed by atoms with van der Waals surface area (Å²) in [5.41, 5.74) is 12.1. The number of nitrogens with zero attached hydrogens (tertiary/aromatic N) is 2. The predicted molar refractivity (Wildman–Crippen MR) is 75.2 cm³/mol. The summed E-state index contributed by atoms with van der Waals surface area (Å²) in [5, 5.41) is 8.02. The molecule has 0 spiro atoms. The zero-order chi connectivity index (χ0) is 13.1. The van der Waals surface area contributed by atoms with Crippen LogP contribution in [-0.2, 0) is 0 Å². The highest BCUT2D eigenvalue weighted by Crippen LogP contribution is 2.35. The van der Waals surface area contributed by atoms with Crippen molar-refractivity contribution in [2.24, 2.45) is 5.73 Å². The molecule has 4 N–H and O–H groups in total. The van der Waals surface area contributed by atoms with Crippen LogP contribution >= 0.6 is 34.9 Å². The maximum atomic E-state index is 11.3. The number of rotatable bonds is 4. The van der Waals surface area contributed by atoms with Gasteiger partial charge in [0.2, 0.25) is 5.91 Å². The zero-order valence-electron chi connectivity index (χ0n) is 9.41. The Bertz CT molecular complexity index is 584. The van der Waals surface area contributed by atoms with E-state index >= 15 is 0 Å². The Labute approximate surface area is 116 Å². The number of hydrogen-bond acceptors (Lipinski definition) is 7. The highest BCUT2D eigenvalue weighted by atomic mass is 32.2. The maximum Gasteiger partial charge on any atom is 0.249 e. The van der Waals surface area contributed by atoms with E-state index in [1.165, 1.54) is 34.9 Å². The van der Waals surface area contributed by atoms with Crippen molar-refractivity contribution < 1.29 is 4.79 Å². The number of nitrogens with two attached hydrogens (primary N) is 2. The molecule has 0 aliphatic heterocycles. The van der Waals surface area contributed by atoms with Gasteiger partial charge in [0.1, 0.15) is 0 Å². The lowest BCUT2D eigenvalue weighted by Gasteiger charge is -2.04. The number of carbonyl (C=O) groups excluding carboxylic acids is 1. The Morgan fingerprint density at radius 2 is 2.06 bits per heavy atom. The van der Waals surface area contributed by atoms with E-state index in [2.05, 4.69) is 10.2 Å². The van der Waals surface area contributed by atoms with E-state index in [9.17, 15) is 4.79 Å². The van der Waals surface area contributed by atoms with Crippen LogP contribution in [0.1, 0.15) is 10.4 Å². The van der Waals surface area contributed by atoms with E-state index in [0.717, 1.165) is 8.68 Å². The lowest BCUT2D eigenvalue weighted by atomic mass is 10.2. The van der Waals surface area contributed by atoms with Gasteiger partial charge in [-0.3, -0.25) is 4.79 Å². The molecule has 0 fully saturated rings. The fraction of sp³-hybridized carbons (Fsp3) is 0.100. The lowest BCUT2D eigenvalue weighted by Crippen LogP contribution is -2.12. The van der Waals surface area contributed by atoms with E-state index in [0.29, 0.717) is 16.1 Å². The molecule has 0 saturated heterocycles. The number of aromatic nitrogens is 2. The summed E-state index contributed by atoms with van der Waals surface area (Å²) in [4.78, 5) is 12.0. The summed E-state index contributed by atoms with van der Waals surface area (Å²) in [5.74, 6) is -0.480. The van der Waals surface area contributed by atoms with Crippen LogP contribution in [0.15, 0.2) is 31.8 Å². The molecule has 0 radical (unpaired) electrons. The van der Waals surface area contributed by atoms with Crippen molar-refractivity contribution in [3.8, 4) is 0 Å².